The highest BCUT2D eigenvalue weighted by Gasteiger charge is 2.43. The highest BCUT2D eigenvalue weighted by molar-refractivity contribution is 9.10. The smallest absolute Gasteiger partial charge is 0.163 e. The number of ether oxygens (including phenoxy) is 1. The number of carbonyl (C=O) groups is 1. The topological polar surface area (TPSA) is 72.5 Å². The van der Waals surface area contributed by atoms with Crippen LogP contribution in [0.25, 0.3) is 0 Å². The molecule has 0 aromatic heterocycles. The molecule has 4 nitrogen and oxygen atoms in total. The van der Waals surface area contributed by atoms with Crippen LogP contribution in [0.1, 0.15) is 54.2 Å². The lowest BCUT2D eigenvalue weighted by Gasteiger charge is -2.41. The normalized spacial score (nSPS) is 27.6. The number of Topliss-reactive ketones (excluding diaryl/α,β-unsaturated/α-hetero) is 1. The van der Waals surface area contributed by atoms with Gasteiger partial charge < -0.3 is 15.6 Å². The maximum Gasteiger partial charge on any atom is 0.163 e. The van der Waals surface area contributed by atoms with E-state index in [2.05, 4.69) is 15.9 Å². The minimum absolute atomic E-state index is 0.140. The highest BCUT2D eigenvalue weighted by Crippen LogP contribution is 2.46. The van der Waals surface area contributed by atoms with Crippen molar-refractivity contribution < 1.29 is 14.6 Å². The van der Waals surface area contributed by atoms with Crippen molar-refractivity contribution in [2.24, 2.45) is 5.73 Å². The minimum atomic E-state index is -0.807. The molecule has 20 heavy (non-hydrogen) atoms. The van der Waals surface area contributed by atoms with Crippen molar-refractivity contribution in [3.05, 3.63) is 27.2 Å². The molecule has 0 saturated carbocycles. The van der Waals surface area contributed by atoms with Gasteiger partial charge in [0.2, 0.25) is 0 Å². The number of aliphatic hydroxyl groups excluding tert-OH is 1. The molecule has 1 aromatic rings. The fourth-order valence-corrected chi connectivity index (χ4v) is 3.74. The maximum atomic E-state index is 12.1. The molecule has 1 aromatic carbocycles. The van der Waals surface area contributed by atoms with Gasteiger partial charge >= 0.3 is 0 Å². The predicted octanol–water partition coefficient (Wildman–Crippen LogP) is 2.50. The van der Waals surface area contributed by atoms with Crippen molar-refractivity contribution in [3.63, 3.8) is 0 Å². The molecule has 1 heterocycles. The van der Waals surface area contributed by atoms with Gasteiger partial charge in [0.1, 0.15) is 17.5 Å². The van der Waals surface area contributed by atoms with E-state index in [-0.39, 0.29) is 5.78 Å². The number of nitrogens with two attached hydrogens (primary N) is 1. The van der Waals surface area contributed by atoms with Crippen LogP contribution in [-0.2, 0) is 6.42 Å². The lowest BCUT2D eigenvalue weighted by molar-refractivity contribution is -0.0577. The Morgan fingerprint density at radius 2 is 2.15 bits per heavy atom. The number of aliphatic hydroxyl groups is 1. The van der Waals surface area contributed by atoms with Gasteiger partial charge in [0.05, 0.1) is 10.5 Å². The summed E-state index contributed by atoms with van der Waals surface area (Å²) in [7, 11) is 0. The van der Waals surface area contributed by atoms with Gasteiger partial charge in [0, 0.05) is 17.5 Å². The first kappa shape index (κ1) is 14.0. The number of hydrogen-bond donors (Lipinski definition) is 2. The van der Waals surface area contributed by atoms with Crippen LogP contribution >= 0.6 is 15.9 Å². The van der Waals surface area contributed by atoms with E-state index in [0.29, 0.717) is 23.3 Å². The Morgan fingerprint density at radius 3 is 2.85 bits per heavy atom. The van der Waals surface area contributed by atoms with Gasteiger partial charge in [-0.1, -0.05) is 0 Å². The fraction of sp³-hybridized carbons (Fsp3) is 0.533. The standard InChI is InChI=1S/C15H18BrNO3/c1-15(2)14(19)12(17)9-6-8-7(4-3-5-10(8)18)11(16)13(9)20-15/h6,12,14,19H,3-5,17H2,1-2H3/t12-,14+/m1/s1. The Hall–Kier alpha value is -0.910. The zero-order chi connectivity index (χ0) is 14.7. The van der Waals surface area contributed by atoms with Crippen molar-refractivity contribution in [3.8, 4) is 5.75 Å². The molecule has 0 fully saturated rings. The van der Waals surface area contributed by atoms with Gasteiger partial charge in [-0.3, -0.25) is 4.79 Å². The molecule has 0 amide bonds. The summed E-state index contributed by atoms with van der Waals surface area (Å²) in [6.45, 7) is 3.63. The summed E-state index contributed by atoms with van der Waals surface area (Å²) in [4.78, 5) is 12.1. The second kappa shape index (κ2) is 4.55. The number of benzene rings is 1. The van der Waals surface area contributed by atoms with Crippen molar-refractivity contribution in [2.45, 2.75) is 50.9 Å². The molecule has 0 radical (unpaired) electrons. The monoisotopic (exact) mass is 339 g/mol. The molecule has 0 unspecified atom stereocenters. The van der Waals surface area contributed by atoms with Crippen LogP contribution in [0, 0.1) is 0 Å². The SMILES string of the molecule is CC1(C)Oc2c(cc3c(c2Br)CCCC3=O)[C@@H](N)[C@@H]1O. The van der Waals surface area contributed by atoms with Crippen LogP contribution in [0.5, 0.6) is 5.75 Å². The third-order valence-electron chi connectivity index (χ3n) is 4.26. The van der Waals surface area contributed by atoms with E-state index in [1.807, 2.05) is 13.8 Å². The molecule has 2 atom stereocenters. The van der Waals surface area contributed by atoms with E-state index >= 15 is 0 Å². The Bertz CT molecular complexity index is 597. The van der Waals surface area contributed by atoms with Crippen LogP contribution in [0.3, 0.4) is 0 Å². The number of hydrogen-bond acceptors (Lipinski definition) is 4. The van der Waals surface area contributed by atoms with Crippen LogP contribution in [-0.4, -0.2) is 22.6 Å². The predicted molar refractivity (Wildman–Crippen MR) is 79.1 cm³/mol. The zero-order valence-electron chi connectivity index (χ0n) is 11.6. The molecular weight excluding hydrogens is 322 g/mol. The molecule has 0 spiro atoms. The molecule has 5 heteroatoms. The first-order valence-corrected chi connectivity index (χ1v) is 7.63. The van der Waals surface area contributed by atoms with Gasteiger partial charge in [-0.05, 0) is 54.2 Å². The minimum Gasteiger partial charge on any atom is -0.484 e. The Morgan fingerprint density at radius 1 is 1.45 bits per heavy atom. The van der Waals surface area contributed by atoms with Crippen molar-refractivity contribution in [1.82, 2.24) is 0 Å². The maximum absolute atomic E-state index is 12.1. The average molecular weight is 340 g/mol. The highest BCUT2D eigenvalue weighted by atomic mass is 79.9. The first-order valence-electron chi connectivity index (χ1n) is 6.84. The van der Waals surface area contributed by atoms with Gasteiger partial charge in [-0.15, -0.1) is 0 Å². The zero-order valence-corrected chi connectivity index (χ0v) is 13.2. The Balaban J connectivity index is 2.22. The van der Waals surface area contributed by atoms with Gasteiger partial charge in [0.15, 0.2) is 5.78 Å². The third-order valence-corrected chi connectivity index (χ3v) is 5.10. The quantitative estimate of drug-likeness (QED) is 0.761. The number of rotatable bonds is 0. The number of ketones is 1. The molecule has 108 valence electrons. The molecule has 1 aliphatic heterocycles. The van der Waals surface area contributed by atoms with E-state index in [1.165, 1.54) is 0 Å². The molecule has 0 bridgehead atoms. The van der Waals surface area contributed by atoms with Crippen molar-refractivity contribution in [1.29, 1.82) is 0 Å². The first-order chi connectivity index (χ1) is 9.33. The van der Waals surface area contributed by atoms with Crippen molar-refractivity contribution in [2.75, 3.05) is 0 Å². The summed E-state index contributed by atoms with van der Waals surface area (Å²) >= 11 is 3.56. The van der Waals surface area contributed by atoms with Crippen LogP contribution in [0.2, 0.25) is 0 Å². The van der Waals surface area contributed by atoms with E-state index in [4.69, 9.17) is 10.5 Å². The molecule has 3 N–H and O–H groups in total. The molecular formula is C15H18BrNO3. The molecule has 0 saturated heterocycles. The molecule has 3 rings (SSSR count). The summed E-state index contributed by atoms with van der Waals surface area (Å²) in [6.07, 6.45) is 1.49. The van der Waals surface area contributed by atoms with Crippen LogP contribution < -0.4 is 10.5 Å². The number of halogens is 1. The van der Waals surface area contributed by atoms with Gasteiger partial charge in [0.25, 0.3) is 0 Å². The largest absolute Gasteiger partial charge is 0.484 e. The summed E-state index contributed by atoms with van der Waals surface area (Å²) in [6, 6.07) is 1.25. The van der Waals surface area contributed by atoms with E-state index in [0.717, 1.165) is 22.9 Å². The summed E-state index contributed by atoms with van der Waals surface area (Å²) in [5.41, 5.74) is 7.82. The number of carbonyl (C=O) groups excluding carboxylic acids is 1. The third kappa shape index (κ3) is 1.91. The van der Waals surface area contributed by atoms with E-state index in [1.54, 1.807) is 6.07 Å². The van der Waals surface area contributed by atoms with Crippen LogP contribution in [0.15, 0.2) is 10.5 Å². The lowest BCUT2D eigenvalue weighted by atomic mass is 9.82. The second-order valence-corrected chi connectivity index (χ2v) is 6.88. The van der Waals surface area contributed by atoms with E-state index in [9.17, 15) is 9.90 Å². The lowest BCUT2D eigenvalue weighted by Crippen LogP contribution is -2.51. The summed E-state index contributed by atoms with van der Waals surface area (Å²) in [5, 5.41) is 10.3. The van der Waals surface area contributed by atoms with Crippen LogP contribution in [0.4, 0.5) is 0 Å². The Kier molecular flexibility index (Phi) is 3.19. The Labute approximate surface area is 126 Å². The second-order valence-electron chi connectivity index (χ2n) is 6.09. The number of fused-ring (bicyclic) bond motifs is 2. The molecule has 2 aliphatic rings. The summed E-state index contributed by atoms with van der Waals surface area (Å²) < 4.78 is 6.76. The van der Waals surface area contributed by atoms with Crippen molar-refractivity contribution >= 4 is 21.7 Å². The van der Waals surface area contributed by atoms with Gasteiger partial charge in [-0.2, -0.15) is 0 Å². The average Bonchev–Trinajstić information content (AvgIpc) is 2.39. The summed E-state index contributed by atoms with van der Waals surface area (Å²) in [5.74, 6) is 0.808. The molecule has 1 aliphatic carbocycles. The van der Waals surface area contributed by atoms with E-state index < -0.39 is 17.7 Å². The fourth-order valence-electron chi connectivity index (χ4n) is 3.02. The van der Waals surface area contributed by atoms with Gasteiger partial charge in [-0.25, -0.2) is 0 Å².